The summed E-state index contributed by atoms with van der Waals surface area (Å²) in [6.07, 6.45) is 0. The second kappa shape index (κ2) is 9.45. The first-order chi connectivity index (χ1) is 14.4. The Morgan fingerprint density at radius 1 is 0.900 bits per heavy atom. The second-order valence-corrected chi connectivity index (χ2v) is 8.53. The van der Waals surface area contributed by atoms with E-state index in [2.05, 4.69) is 0 Å². The molecule has 0 atom stereocenters. The van der Waals surface area contributed by atoms with Crippen molar-refractivity contribution in [2.24, 2.45) is 0 Å². The number of methoxy groups -OCH3 is 1. The lowest BCUT2D eigenvalue weighted by molar-refractivity contribution is -0.138. The number of esters is 1. The number of carbonyl (C=O) groups is 1. The first-order valence-corrected chi connectivity index (χ1v) is 10.8. The number of carbonyl (C=O) groups excluding carboxylic acids is 1. The van der Waals surface area contributed by atoms with Crippen LogP contribution in [0.15, 0.2) is 83.8 Å². The van der Waals surface area contributed by atoms with Crippen molar-refractivity contribution in [1.82, 2.24) is 0 Å². The van der Waals surface area contributed by atoms with E-state index in [9.17, 15) is 13.2 Å². The SMILES string of the molecule is COC(=O)CN(c1ccc(OCc2ccccc2)cc1)S(=O)(=O)c1ccc(C)cc1. The minimum absolute atomic E-state index is 0.0985. The Morgan fingerprint density at radius 2 is 1.53 bits per heavy atom. The van der Waals surface area contributed by atoms with Crippen molar-refractivity contribution >= 4 is 21.7 Å². The monoisotopic (exact) mass is 425 g/mol. The third kappa shape index (κ3) is 5.18. The van der Waals surface area contributed by atoms with Crippen LogP contribution in [0, 0.1) is 6.92 Å². The molecule has 0 spiro atoms. The Kier molecular flexibility index (Phi) is 6.74. The van der Waals surface area contributed by atoms with Crippen LogP contribution in [0.5, 0.6) is 5.75 Å². The van der Waals surface area contributed by atoms with Gasteiger partial charge in [-0.25, -0.2) is 8.42 Å². The Labute approximate surface area is 176 Å². The predicted molar refractivity (Wildman–Crippen MR) is 115 cm³/mol. The predicted octanol–water partition coefficient (Wildman–Crippen LogP) is 3.94. The van der Waals surface area contributed by atoms with Gasteiger partial charge in [0.25, 0.3) is 10.0 Å². The highest BCUT2D eigenvalue weighted by Gasteiger charge is 2.27. The van der Waals surface area contributed by atoms with E-state index in [0.717, 1.165) is 15.4 Å². The van der Waals surface area contributed by atoms with E-state index in [0.29, 0.717) is 18.0 Å². The fraction of sp³-hybridized carbons (Fsp3) is 0.174. The number of ether oxygens (including phenoxy) is 2. The van der Waals surface area contributed by atoms with Crippen LogP contribution >= 0.6 is 0 Å². The summed E-state index contributed by atoms with van der Waals surface area (Å²) in [6, 6.07) is 22.7. The molecule has 0 bridgehead atoms. The van der Waals surface area contributed by atoms with Crippen molar-refractivity contribution in [2.45, 2.75) is 18.4 Å². The van der Waals surface area contributed by atoms with Crippen LogP contribution in [0.2, 0.25) is 0 Å². The molecule has 0 N–H and O–H groups in total. The number of rotatable bonds is 8. The number of anilines is 1. The molecule has 0 radical (unpaired) electrons. The lowest BCUT2D eigenvalue weighted by Gasteiger charge is -2.23. The Morgan fingerprint density at radius 3 is 2.13 bits per heavy atom. The van der Waals surface area contributed by atoms with Crippen LogP contribution in [-0.4, -0.2) is 28.0 Å². The molecule has 0 saturated heterocycles. The van der Waals surface area contributed by atoms with Gasteiger partial charge in [0.1, 0.15) is 18.9 Å². The summed E-state index contributed by atoms with van der Waals surface area (Å²) >= 11 is 0. The molecule has 3 aromatic carbocycles. The van der Waals surface area contributed by atoms with E-state index in [-0.39, 0.29) is 4.90 Å². The molecule has 0 heterocycles. The van der Waals surface area contributed by atoms with Gasteiger partial charge in [-0.15, -0.1) is 0 Å². The molecule has 0 amide bonds. The van der Waals surface area contributed by atoms with Gasteiger partial charge in [0.15, 0.2) is 0 Å². The molecule has 6 nitrogen and oxygen atoms in total. The summed E-state index contributed by atoms with van der Waals surface area (Å²) in [4.78, 5) is 12.0. The molecule has 0 unspecified atom stereocenters. The van der Waals surface area contributed by atoms with E-state index in [1.807, 2.05) is 37.3 Å². The van der Waals surface area contributed by atoms with Gasteiger partial charge in [-0.1, -0.05) is 48.0 Å². The molecule has 7 heteroatoms. The highest BCUT2D eigenvalue weighted by molar-refractivity contribution is 7.92. The number of hydrogen-bond donors (Lipinski definition) is 0. The zero-order valence-corrected chi connectivity index (χ0v) is 17.6. The van der Waals surface area contributed by atoms with Gasteiger partial charge in [-0.05, 0) is 48.9 Å². The topological polar surface area (TPSA) is 72.9 Å². The first-order valence-electron chi connectivity index (χ1n) is 9.33. The summed E-state index contributed by atoms with van der Waals surface area (Å²) in [5, 5.41) is 0. The lowest BCUT2D eigenvalue weighted by atomic mass is 10.2. The number of sulfonamides is 1. The van der Waals surface area contributed by atoms with Gasteiger partial charge in [-0.3, -0.25) is 9.10 Å². The number of nitrogens with zero attached hydrogens (tertiary/aromatic N) is 1. The standard InChI is InChI=1S/C23H23NO5S/c1-18-8-14-22(15-9-18)30(26,27)24(16-23(25)28-2)20-10-12-21(13-11-20)29-17-19-6-4-3-5-7-19/h3-15H,16-17H2,1-2H3. The van der Waals surface area contributed by atoms with Gasteiger partial charge < -0.3 is 9.47 Å². The lowest BCUT2D eigenvalue weighted by Crippen LogP contribution is -2.36. The Bertz CT molecular complexity index is 1080. The molecule has 30 heavy (non-hydrogen) atoms. The number of aryl methyl sites for hydroxylation is 1. The Balaban J connectivity index is 1.84. The van der Waals surface area contributed by atoms with Gasteiger partial charge >= 0.3 is 5.97 Å². The molecular formula is C23H23NO5S. The molecule has 0 saturated carbocycles. The fourth-order valence-corrected chi connectivity index (χ4v) is 4.19. The highest BCUT2D eigenvalue weighted by atomic mass is 32.2. The zero-order chi connectivity index (χ0) is 21.6. The Hall–Kier alpha value is -3.32. The minimum atomic E-state index is -3.95. The van der Waals surface area contributed by atoms with Crippen molar-refractivity contribution in [3.8, 4) is 5.75 Å². The van der Waals surface area contributed by atoms with Crippen LogP contribution in [0.1, 0.15) is 11.1 Å². The summed E-state index contributed by atoms with van der Waals surface area (Å²) < 4.78 is 37.8. The first kappa shape index (κ1) is 21.4. The van der Waals surface area contributed by atoms with Gasteiger partial charge in [0, 0.05) is 0 Å². The van der Waals surface area contributed by atoms with Crippen LogP contribution in [-0.2, 0) is 26.2 Å². The van der Waals surface area contributed by atoms with Crippen molar-refractivity contribution in [3.63, 3.8) is 0 Å². The van der Waals surface area contributed by atoms with Gasteiger partial charge in [-0.2, -0.15) is 0 Å². The molecule has 0 aliphatic heterocycles. The molecule has 3 rings (SSSR count). The van der Waals surface area contributed by atoms with Gasteiger partial charge in [0.05, 0.1) is 17.7 Å². The maximum Gasteiger partial charge on any atom is 0.326 e. The average molecular weight is 426 g/mol. The van der Waals surface area contributed by atoms with Crippen LogP contribution in [0.4, 0.5) is 5.69 Å². The highest BCUT2D eigenvalue weighted by Crippen LogP contribution is 2.26. The minimum Gasteiger partial charge on any atom is -0.489 e. The third-order valence-electron chi connectivity index (χ3n) is 4.48. The van der Waals surface area contributed by atoms with Crippen molar-refractivity contribution in [1.29, 1.82) is 0 Å². The van der Waals surface area contributed by atoms with Crippen LogP contribution < -0.4 is 9.04 Å². The summed E-state index contributed by atoms with van der Waals surface area (Å²) in [5.74, 6) is -0.0663. The maximum atomic E-state index is 13.2. The van der Waals surface area contributed by atoms with E-state index < -0.39 is 22.5 Å². The summed E-state index contributed by atoms with van der Waals surface area (Å²) in [5.41, 5.74) is 2.30. The van der Waals surface area contributed by atoms with E-state index in [1.54, 1.807) is 36.4 Å². The number of benzene rings is 3. The summed E-state index contributed by atoms with van der Waals surface area (Å²) in [6.45, 7) is 1.83. The van der Waals surface area contributed by atoms with E-state index >= 15 is 0 Å². The summed E-state index contributed by atoms with van der Waals surface area (Å²) in [7, 11) is -2.73. The smallest absolute Gasteiger partial charge is 0.326 e. The van der Waals surface area contributed by atoms with Crippen molar-refractivity contribution in [2.75, 3.05) is 18.0 Å². The van der Waals surface area contributed by atoms with Crippen molar-refractivity contribution in [3.05, 3.63) is 90.0 Å². The van der Waals surface area contributed by atoms with Crippen LogP contribution in [0.25, 0.3) is 0 Å². The van der Waals surface area contributed by atoms with Crippen LogP contribution in [0.3, 0.4) is 0 Å². The molecule has 0 aliphatic rings. The third-order valence-corrected chi connectivity index (χ3v) is 6.27. The zero-order valence-electron chi connectivity index (χ0n) is 16.8. The maximum absolute atomic E-state index is 13.2. The largest absolute Gasteiger partial charge is 0.489 e. The molecular weight excluding hydrogens is 402 g/mol. The van der Waals surface area contributed by atoms with Crippen molar-refractivity contribution < 1.29 is 22.7 Å². The second-order valence-electron chi connectivity index (χ2n) is 6.67. The molecule has 0 aromatic heterocycles. The normalized spacial score (nSPS) is 11.0. The molecule has 0 fully saturated rings. The van der Waals surface area contributed by atoms with Gasteiger partial charge in [0.2, 0.25) is 0 Å². The van der Waals surface area contributed by atoms with E-state index in [4.69, 9.17) is 9.47 Å². The average Bonchev–Trinajstić information content (AvgIpc) is 2.77. The molecule has 0 aliphatic carbocycles. The quantitative estimate of drug-likeness (QED) is 0.511. The van der Waals surface area contributed by atoms with E-state index in [1.165, 1.54) is 19.2 Å². The molecule has 3 aromatic rings. The molecule has 156 valence electrons. The fourth-order valence-electron chi connectivity index (χ4n) is 2.78. The number of hydrogen-bond acceptors (Lipinski definition) is 5.